The number of hydrogen-bond donors (Lipinski definition) is 0. The summed E-state index contributed by atoms with van der Waals surface area (Å²) in [5, 5.41) is 0.566. The van der Waals surface area contributed by atoms with Crippen molar-refractivity contribution in [1.82, 2.24) is 4.90 Å². The third-order valence-corrected chi connectivity index (χ3v) is 6.38. The van der Waals surface area contributed by atoms with Crippen LogP contribution in [-0.2, 0) is 13.1 Å². The van der Waals surface area contributed by atoms with Gasteiger partial charge in [0, 0.05) is 29.2 Å². The quantitative estimate of drug-likeness (QED) is 0.490. The van der Waals surface area contributed by atoms with E-state index in [1.807, 2.05) is 49.4 Å². The van der Waals surface area contributed by atoms with Crippen LogP contribution in [0.1, 0.15) is 32.6 Å². The summed E-state index contributed by atoms with van der Waals surface area (Å²) in [5.41, 5.74) is 4.20. The summed E-state index contributed by atoms with van der Waals surface area (Å²) in [7, 11) is 0. The average Bonchev–Trinajstić information content (AvgIpc) is 3.40. The van der Waals surface area contributed by atoms with E-state index in [9.17, 15) is 4.79 Å². The lowest BCUT2D eigenvalue weighted by molar-refractivity contribution is 0.0876. The molecule has 3 aliphatic heterocycles. The molecule has 0 radical (unpaired) electrons. The highest BCUT2D eigenvalue weighted by Gasteiger charge is 2.33. The van der Waals surface area contributed by atoms with Crippen LogP contribution in [0.15, 0.2) is 54.3 Å². The lowest BCUT2D eigenvalue weighted by Gasteiger charge is -2.30. The Bertz CT molecular complexity index is 1330. The van der Waals surface area contributed by atoms with Crippen molar-refractivity contribution in [2.75, 3.05) is 13.5 Å². The van der Waals surface area contributed by atoms with Gasteiger partial charge in [0.2, 0.25) is 12.6 Å². The van der Waals surface area contributed by atoms with Crippen molar-refractivity contribution in [3.8, 4) is 23.0 Å². The van der Waals surface area contributed by atoms with Crippen LogP contribution in [0.25, 0.3) is 6.08 Å². The molecular weight excluding hydrogens is 442 g/mol. The number of halogens is 1. The first-order valence-corrected chi connectivity index (χ1v) is 11.0. The van der Waals surface area contributed by atoms with Crippen molar-refractivity contribution in [2.45, 2.75) is 20.0 Å². The van der Waals surface area contributed by atoms with Crippen LogP contribution in [0, 0.1) is 6.92 Å². The third-order valence-electron chi connectivity index (χ3n) is 6.04. The Hall–Kier alpha value is -3.48. The van der Waals surface area contributed by atoms with Crippen LogP contribution < -0.4 is 18.9 Å². The normalized spacial score (nSPS) is 17.5. The van der Waals surface area contributed by atoms with Gasteiger partial charge >= 0.3 is 0 Å². The average molecular weight is 462 g/mol. The monoisotopic (exact) mass is 461 g/mol. The Labute approximate surface area is 195 Å². The SMILES string of the molecule is Cc1c2c(cc3c1O/C(=C\c1ccccc1Cl)C3=O)CN(Cc1ccc3c(c1)OCO3)CO2. The predicted molar refractivity (Wildman–Crippen MR) is 123 cm³/mol. The Morgan fingerprint density at radius 3 is 2.76 bits per heavy atom. The second-order valence-corrected chi connectivity index (χ2v) is 8.68. The van der Waals surface area contributed by atoms with Gasteiger partial charge in [0.25, 0.3) is 0 Å². The maximum Gasteiger partial charge on any atom is 0.231 e. The topological polar surface area (TPSA) is 57.2 Å². The van der Waals surface area contributed by atoms with Gasteiger partial charge in [0.05, 0.1) is 5.56 Å². The summed E-state index contributed by atoms with van der Waals surface area (Å²) in [4.78, 5) is 15.3. The maximum atomic E-state index is 13.1. The van der Waals surface area contributed by atoms with Crippen molar-refractivity contribution in [3.63, 3.8) is 0 Å². The van der Waals surface area contributed by atoms with E-state index in [2.05, 4.69) is 4.90 Å². The largest absolute Gasteiger partial charge is 0.477 e. The lowest BCUT2D eigenvalue weighted by atomic mass is 10.00. The number of allylic oxidation sites excluding steroid dienone is 1. The molecule has 0 atom stereocenters. The minimum atomic E-state index is -0.149. The summed E-state index contributed by atoms with van der Waals surface area (Å²) in [5.74, 6) is 2.98. The number of nitrogens with zero attached hydrogens (tertiary/aromatic N) is 1. The van der Waals surface area contributed by atoms with Crippen LogP contribution >= 0.6 is 11.6 Å². The highest BCUT2D eigenvalue weighted by Crippen LogP contribution is 2.43. The molecule has 3 aromatic rings. The summed E-state index contributed by atoms with van der Waals surface area (Å²) in [6.07, 6.45) is 1.69. The van der Waals surface area contributed by atoms with Crippen molar-refractivity contribution in [1.29, 1.82) is 0 Å². The van der Waals surface area contributed by atoms with Crippen molar-refractivity contribution in [2.24, 2.45) is 0 Å². The standard InChI is InChI=1S/C26H20ClNO5/c1-15-25-18(12-28(13-30-25)11-16-6-7-21-22(8-16)32-14-31-21)9-19-24(29)23(33-26(15)19)10-17-4-2-3-5-20(17)27/h2-10H,11-14H2,1H3/b23-10-. The first-order valence-electron chi connectivity index (χ1n) is 10.7. The molecule has 6 rings (SSSR count). The number of hydrogen-bond acceptors (Lipinski definition) is 6. The van der Waals surface area contributed by atoms with E-state index in [-0.39, 0.29) is 18.3 Å². The number of Topliss-reactive ketones (excluding diaryl/α,β-unsaturated/α-hetero) is 1. The fraction of sp³-hybridized carbons (Fsp3) is 0.192. The van der Waals surface area contributed by atoms with Crippen LogP contribution in [0.4, 0.5) is 0 Å². The molecule has 0 aromatic heterocycles. The molecule has 0 aliphatic carbocycles. The Morgan fingerprint density at radius 2 is 1.88 bits per heavy atom. The van der Waals surface area contributed by atoms with E-state index in [4.69, 9.17) is 30.5 Å². The highest BCUT2D eigenvalue weighted by atomic mass is 35.5. The lowest BCUT2D eigenvalue weighted by Crippen LogP contribution is -2.32. The first-order chi connectivity index (χ1) is 16.1. The molecule has 166 valence electrons. The van der Waals surface area contributed by atoms with Gasteiger partial charge < -0.3 is 18.9 Å². The van der Waals surface area contributed by atoms with Gasteiger partial charge in [0.1, 0.15) is 18.2 Å². The molecule has 3 heterocycles. The number of rotatable bonds is 3. The molecule has 3 aliphatic rings. The molecule has 0 N–H and O–H groups in total. The zero-order valence-corrected chi connectivity index (χ0v) is 18.6. The van der Waals surface area contributed by atoms with Crippen LogP contribution in [0.2, 0.25) is 5.02 Å². The molecule has 7 heteroatoms. The molecule has 0 saturated carbocycles. The fourth-order valence-electron chi connectivity index (χ4n) is 4.43. The predicted octanol–water partition coefficient (Wildman–Crippen LogP) is 5.35. The van der Waals surface area contributed by atoms with Crippen LogP contribution in [-0.4, -0.2) is 24.2 Å². The highest BCUT2D eigenvalue weighted by molar-refractivity contribution is 6.32. The molecule has 0 saturated heterocycles. The van der Waals surface area contributed by atoms with Gasteiger partial charge in [-0.2, -0.15) is 0 Å². The zero-order valence-electron chi connectivity index (χ0n) is 17.9. The van der Waals surface area contributed by atoms with Crippen LogP contribution in [0.3, 0.4) is 0 Å². The second kappa shape index (κ2) is 7.83. The third kappa shape index (κ3) is 3.52. The van der Waals surface area contributed by atoms with Gasteiger partial charge in [-0.1, -0.05) is 35.9 Å². The Balaban J connectivity index is 1.26. The van der Waals surface area contributed by atoms with Crippen molar-refractivity contribution < 1.29 is 23.7 Å². The number of carbonyl (C=O) groups is 1. The number of ether oxygens (including phenoxy) is 4. The first kappa shape index (κ1) is 20.1. The van der Waals surface area contributed by atoms with Gasteiger partial charge in [-0.05, 0) is 48.4 Å². The molecule has 0 fully saturated rings. The minimum absolute atomic E-state index is 0.149. The number of carbonyl (C=O) groups excluding carboxylic acids is 1. The molecular formula is C26H20ClNO5. The van der Waals surface area contributed by atoms with E-state index >= 15 is 0 Å². The molecule has 0 spiro atoms. The van der Waals surface area contributed by atoms with E-state index in [1.54, 1.807) is 12.1 Å². The second-order valence-electron chi connectivity index (χ2n) is 8.28. The molecule has 33 heavy (non-hydrogen) atoms. The maximum absolute atomic E-state index is 13.1. The zero-order chi connectivity index (χ0) is 22.5. The number of ketones is 1. The minimum Gasteiger partial charge on any atom is -0.477 e. The van der Waals surface area contributed by atoms with E-state index in [0.717, 1.165) is 39.5 Å². The number of fused-ring (bicyclic) bond motifs is 3. The van der Waals surface area contributed by atoms with Crippen molar-refractivity contribution in [3.05, 3.63) is 87.1 Å². The molecule has 0 amide bonds. The summed E-state index contributed by atoms with van der Waals surface area (Å²) < 4.78 is 23.0. The van der Waals surface area contributed by atoms with Gasteiger partial charge in [-0.15, -0.1) is 0 Å². The van der Waals surface area contributed by atoms with Crippen LogP contribution in [0.5, 0.6) is 23.0 Å². The molecule has 0 unspecified atom stereocenters. The van der Waals surface area contributed by atoms with Gasteiger partial charge in [-0.25, -0.2) is 0 Å². The molecule has 0 bridgehead atoms. The van der Waals surface area contributed by atoms with E-state index in [1.165, 1.54) is 0 Å². The molecule has 6 nitrogen and oxygen atoms in total. The summed E-state index contributed by atoms with van der Waals surface area (Å²) >= 11 is 6.26. The number of benzene rings is 3. The smallest absolute Gasteiger partial charge is 0.231 e. The molecule has 3 aromatic carbocycles. The van der Waals surface area contributed by atoms with Gasteiger partial charge in [0.15, 0.2) is 17.3 Å². The van der Waals surface area contributed by atoms with E-state index in [0.29, 0.717) is 36.2 Å². The summed E-state index contributed by atoms with van der Waals surface area (Å²) in [6.45, 7) is 3.98. The van der Waals surface area contributed by atoms with Gasteiger partial charge in [-0.3, -0.25) is 9.69 Å². The van der Waals surface area contributed by atoms with E-state index < -0.39 is 0 Å². The summed E-state index contributed by atoms with van der Waals surface area (Å²) in [6, 6.07) is 15.2. The Kier molecular flexibility index (Phi) is 4.78. The van der Waals surface area contributed by atoms with Crippen molar-refractivity contribution >= 4 is 23.5 Å². The fourth-order valence-corrected chi connectivity index (χ4v) is 4.62. The Morgan fingerprint density at radius 1 is 1.03 bits per heavy atom.